The van der Waals surface area contributed by atoms with Crippen molar-refractivity contribution in [3.05, 3.63) is 125 Å². The molecule has 0 fully saturated rings. The molecule has 0 bridgehead atoms. The Morgan fingerprint density at radius 1 is 0.500 bits per heavy atom. The summed E-state index contributed by atoms with van der Waals surface area (Å²) in [4.78, 5) is 0. The van der Waals surface area contributed by atoms with E-state index in [1.165, 1.54) is 5.56 Å². The molecule has 0 saturated heterocycles. The topological polar surface area (TPSA) is 60.7 Å². The van der Waals surface area contributed by atoms with Crippen molar-refractivity contribution in [2.24, 2.45) is 0 Å². The number of rotatable bonds is 4. The highest BCUT2D eigenvalue weighted by Crippen LogP contribution is 2.40. The summed E-state index contributed by atoms with van der Waals surface area (Å²) < 4.78 is 0. The Hall–Kier alpha value is -3.72. The zero-order valence-corrected chi connectivity index (χ0v) is 20.7. The maximum Gasteiger partial charge on any atom is 0.115 e. The van der Waals surface area contributed by atoms with E-state index in [0.29, 0.717) is 5.92 Å². The second-order valence-electron chi connectivity index (χ2n) is 8.33. The smallest absolute Gasteiger partial charge is 0.115 e. The van der Waals surface area contributed by atoms with E-state index in [4.69, 9.17) is 0 Å². The largest absolute Gasteiger partial charge is 0.508 e. The molecule has 4 aromatic rings. The highest BCUT2D eigenvalue weighted by molar-refractivity contribution is 5.51. The fourth-order valence-corrected chi connectivity index (χ4v) is 3.72. The molecule has 3 nitrogen and oxygen atoms in total. The van der Waals surface area contributed by atoms with Gasteiger partial charge in [-0.25, -0.2) is 0 Å². The minimum atomic E-state index is -0.477. The van der Waals surface area contributed by atoms with E-state index in [9.17, 15) is 15.3 Å². The summed E-state index contributed by atoms with van der Waals surface area (Å²) in [6.45, 7) is 10.5. The van der Waals surface area contributed by atoms with Crippen LogP contribution in [0.15, 0.2) is 103 Å². The first-order chi connectivity index (χ1) is 16.3. The first-order valence-corrected chi connectivity index (χ1v) is 11.7. The van der Waals surface area contributed by atoms with Gasteiger partial charge in [-0.1, -0.05) is 94.4 Å². The highest BCUT2D eigenvalue weighted by atomic mass is 16.3. The van der Waals surface area contributed by atoms with Crippen LogP contribution in [0.2, 0.25) is 0 Å². The van der Waals surface area contributed by atoms with E-state index in [1.54, 1.807) is 36.4 Å². The lowest BCUT2D eigenvalue weighted by Gasteiger charge is -2.32. The summed E-state index contributed by atoms with van der Waals surface area (Å²) in [5.74, 6) is 1.30. The third-order valence-electron chi connectivity index (χ3n) is 5.80. The van der Waals surface area contributed by atoms with Crippen molar-refractivity contribution in [1.82, 2.24) is 0 Å². The Morgan fingerprint density at radius 2 is 0.794 bits per heavy atom. The van der Waals surface area contributed by atoms with Gasteiger partial charge in [0.15, 0.2) is 0 Å². The molecule has 4 rings (SSSR count). The normalized spacial score (nSPS) is 10.5. The lowest BCUT2D eigenvalue weighted by molar-refractivity contribution is 0.474. The molecule has 0 unspecified atom stereocenters. The number of benzene rings is 4. The molecule has 0 amide bonds. The van der Waals surface area contributed by atoms with Crippen LogP contribution in [-0.4, -0.2) is 15.3 Å². The Morgan fingerprint density at radius 3 is 1.03 bits per heavy atom. The SMILES string of the molecule is CC.CC(C)c1ccccc1.CC(c1ccc(O)cc1)(c1ccc(O)cc1)c1ccc(O)cc1. The molecule has 3 N–H and O–H groups in total. The third kappa shape index (κ3) is 6.64. The molecule has 0 aliphatic heterocycles. The van der Waals surface area contributed by atoms with Crippen molar-refractivity contribution in [1.29, 1.82) is 0 Å². The van der Waals surface area contributed by atoms with Crippen molar-refractivity contribution < 1.29 is 15.3 Å². The second kappa shape index (κ2) is 12.5. The number of phenolic OH excluding ortho intramolecular Hbond substituents is 3. The second-order valence-corrected chi connectivity index (χ2v) is 8.33. The molecule has 178 valence electrons. The molecule has 0 spiro atoms. The van der Waals surface area contributed by atoms with Gasteiger partial charge >= 0.3 is 0 Å². The van der Waals surface area contributed by atoms with Gasteiger partial charge in [-0.15, -0.1) is 0 Å². The van der Waals surface area contributed by atoms with E-state index in [-0.39, 0.29) is 17.2 Å². The van der Waals surface area contributed by atoms with Crippen LogP contribution in [0.4, 0.5) is 0 Å². The Bertz CT molecular complexity index is 987. The van der Waals surface area contributed by atoms with Crippen molar-refractivity contribution in [3.63, 3.8) is 0 Å². The summed E-state index contributed by atoms with van der Waals surface area (Å²) >= 11 is 0. The maximum absolute atomic E-state index is 9.57. The van der Waals surface area contributed by atoms with Crippen LogP contribution in [0.1, 0.15) is 62.8 Å². The van der Waals surface area contributed by atoms with Gasteiger partial charge in [-0.2, -0.15) is 0 Å². The Balaban J connectivity index is 0.000000311. The lowest BCUT2D eigenvalue weighted by Crippen LogP contribution is -2.25. The molecule has 0 radical (unpaired) electrons. The number of hydrogen-bond acceptors (Lipinski definition) is 3. The van der Waals surface area contributed by atoms with Gasteiger partial charge in [0.05, 0.1) is 0 Å². The maximum atomic E-state index is 9.57. The van der Waals surface area contributed by atoms with Crippen molar-refractivity contribution in [2.45, 2.75) is 46.0 Å². The lowest BCUT2D eigenvalue weighted by atomic mass is 9.71. The molecule has 4 aromatic carbocycles. The predicted octanol–water partition coefficient (Wildman–Crippen LogP) is 7.99. The molecule has 3 heteroatoms. The molecular formula is C31H36O3. The summed E-state index contributed by atoms with van der Waals surface area (Å²) in [7, 11) is 0. The van der Waals surface area contributed by atoms with Crippen LogP contribution in [0.5, 0.6) is 17.2 Å². The molecule has 0 aliphatic rings. The van der Waals surface area contributed by atoms with E-state index < -0.39 is 5.41 Å². The highest BCUT2D eigenvalue weighted by Gasteiger charge is 2.31. The van der Waals surface area contributed by atoms with Crippen molar-refractivity contribution >= 4 is 0 Å². The summed E-state index contributed by atoms with van der Waals surface area (Å²) in [5, 5.41) is 28.7. The van der Waals surface area contributed by atoms with Gasteiger partial charge in [-0.05, 0) is 71.5 Å². The van der Waals surface area contributed by atoms with Gasteiger partial charge in [0.2, 0.25) is 0 Å². The van der Waals surface area contributed by atoms with Gasteiger partial charge in [0.25, 0.3) is 0 Å². The zero-order chi connectivity index (χ0) is 25.1. The van der Waals surface area contributed by atoms with Crippen LogP contribution in [-0.2, 0) is 5.41 Å². The number of hydrogen-bond donors (Lipinski definition) is 3. The first kappa shape index (κ1) is 26.5. The van der Waals surface area contributed by atoms with Crippen LogP contribution in [0.25, 0.3) is 0 Å². The van der Waals surface area contributed by atoms with Gasteiger partial charge < -0.3 is 15.3 Å². The van der Waals surface area contributed by atoms with E-state index in [0.717, 1.165) is 16.7 Å². The average Bonchev–Trinajstić information content (AvgIpc) is 2.87. The summed E-state index contributed by atoms with van der Waals surface area (Å²) in [5.41, 5.74) is 3.96. The molecule has 0 heterocycles. The van der Waals surface area contributed by atoms with E-state index >= 15 is 0 Å². The van der Waals surface area contributed by atoms with Crippen LogP contribution >= 0.6 is 0 Å². The summed E-state index contributed by atoms with van der Waals surface area (Å²) in [6.07, 6.45) is 0. The van der Waals surface area contributed by atoms with Gasteiger partial charge in [0.1, 0.15) is 17.2 Å². The van der Waals surface area contributed by atoms with Gasteiger partial charge in [0, 0.05) is 5.41 Å². The minimum absolute atomic E-state index is 0.215. The number of phenols is 3. The fourth-order valence-electron chi connectivity index (χ4n) is 3.72. The monoisotopic (exact) mass is 456 g/mol. The molecule has 34 heavy (non-hydrogen) atoms. The fraction of sp³-hybridized carbons (Fsp3) is 0.226. The van der Waals surface area contributed by atoms with Crippen molar-refractivity contribution in [3.8, 4) is 17.2 Å². The molecule has 0 aromatic heterocycles. The standard InChI is InChI=1S/C20H18O3.C9H12.C2H6/c1-20(14-2-8-17(21)9-3-14,15-4-10-18(22)11-5-15)16-6-12-19(23)13-7-16;1-8(2)9-6-4-3-5-7-9;1-2/h2-13,21-23H,1H3;3-8H,1-2H3;1-2H3. The van der Waals surface area contributed by atoms with E-state index in [2.05, 4.69) is 45.0 Å². The van der Waals surface area contributed by atoms with Crippen LogP contribution in [0.3, 0.4) is 0 Å². The number of aromatic hydroxyl groups is 3. The molecule has 0 atom stereocenters. The zero-order valence-electron chi connectivity index (χ0n) is 20.7. The molecular weight excluding hydrogens is 420 g/mol. The summed E-state index contributed by atoms with van der Waals surface area (Å²) in [6, 6.07) is 31.8. The van der Waals surface area contributed by atoms with Crippen LogP contribution < -0.4 is 0 Å². The Labute approximate surface area is 204 Å². The third-order valence-corrected chi connectivity index (χ3v) is 5.80. The Kier molecular flexibility index (Phi) is 9.76. The van der Waals surface area contributed by atoms with Crippen molar-refractivity contribution in [2.75, 3.05) is 0 Å². The minimum Gasteiger partial charge on any atom is -0.508 e. The predicted molar refractivity (Wildman–Crippen MR) is 142 cm³/mol. The molecule has 0 saturated carbocycles. The van der Waals surface area contributed by atoms with Gasteiger partial charge in [-0.3, -0.25) is 0 Å². The van der Waals surface area contributed by atoms with Crippen LogP contribution in [0, 0.1) is 0 Å². The molecule has 0 aliphatic carbocycles. The first-order valence-electron chi connectivity index (χ1n) is 11.7. The average molecular weight is 457 g/mol. The van der Waals surface area contributed by atoms with E-state index in [1.807, 2.05) is 56.3 Å². The quantitative estimate of drug-likeness (QED) is 0.273.